The first kappa shape index (κ1) is 25.6. The molecule has 2 aromatic carbocycles. The van der Waals surface area contributed by atoms with Gasteiger partial charge in [0.25, 0.3) is 5.91 Å². The van der Waals surface area contributed by atoms with Gasteiger partial charge in [0.2, 0.25) is 11.8 Å². The van der Waals surface area contributed by atoms with Gasteiger partial charge in [-0.3, -0.25) is 14.6 Å². The van der Waals surface area contributed by atoms with Crippen LogP contribution in [-0.4, -0.2) is 45.0 Å². The minimum Gasteiger partial charge on any atom is -0.391 e. The lowest BCUT2D eigenvalue weighted by molar-refractivity contribution is -0.128. The van der Waals surface area contributed by atoms with Gasteiger partial charge in [0.1, 0.15) is 5.69 Å². The third kappa shape index (κ3) is 6.40. The number of alkyl halides is 2. The molecule has 0 saturated heterocycles. The number of halogens is 2. The van der Waals surface area contributed by atoms with E-state index < -0.39 is 48.1 Å². The second kappa shape index (κ2) is 11.1. The van der Waals surface area contributed by atoms with Gasteiger partial charge in [0.15, 0.2) is 0 Å². The molecule has 4 N–H and O–H groups in total. The highest BCUT2D eigenvalue weighted by molar-refractivity contribution is 5.94. The minimum absolute atomic E-state index is 0.0809. The van der Waals surface area contributed by atoms with E-state index in [1.807, 2.05) is 36.4 Å². The molecule has 1 unspecified atom stereocenters. The lowest BCUT2D eigenvalue weighted by atomic mass is 9.75. The molecule has 0 radical (unpaired) electrons. The van der Waals surface area contributed by atoms with Crippen molar-refractivity contribution in [2.75, 3.05) is 0 Å². The number of carbonyl (C=O) groups excluding carboxylic acids is 2. The van der Waals surface area contributed by atoms with E-state index in [0.29, 0.717) is 23.9 Å². The summed E-state index contributed by atoms with van der Waals surface area (Å²) in [6, 6.07) is 15.6. The number of nitrogens with one attached hydrogen (secondary N) is 1. The minimum atomic E-state index is -2.85. The zero-order chi connectivity index (χ0) is 25.7. The SMILES string of the molecule is NC(=O)[C@@H](C[C@H](O)[C@H](Cc1ccccc1)NC(=O)c1cnc2ccccc2n1)C1CCCC(F)(F)C1. The van der Waals surface area contributed by atoms with E-state index in [2.05, 4.69) is 15.3 Å². The Bertz CT molecular complexity index is 1210. The van der Waals surface area contributed by atoms with Gasteiger partial charge in [-0.1, -0.05) is 42.5 Å². The highest BCUT2D eigenvalue weighted by atomic mass is 19.3. The van der Waals surface area contributed by atoms with Gasteiger partial charge in [-0.05, 0) is 49.3 Å². The molecule has 0 bridgehead atoms. The summed E-state index contributed by atoms with van der Waals surface area (Å²) in [5.74, 6) is -5.66. The average molecular weight is 497 g/mol. The highest BCUT2D eigenvalue weighted by Gasteiger charge is 2.42. The Morgan fingerprint density at radius 1 is 1.11 bits per heavy atom. The molecule has 2 amide bonds. The van der Waals surface area contributed by atoms with Crippen molar-refractivity contribution in [1.29, 1.82) is 0 Å². The van der Waals surface area contributed by atoms with Gasteiger partial charge in [-0.2, -0.15) is 0 Å². The zero-order valence-electron chi connectivity index (χ0n) is 19.8. The number of carbonyl (C=O) groups is 2. The average Bonchev–Trinajstić information content (AvgIpc) is 2.86. The molecule has 190 valence electrons. The molecule has 4 atom stereocenters. The molecular formula is C27H30F2N4O3. The summed E-state index contributed by atoms with van der Waals surface area (Å²) in [6.45, 7) is 0. The molecule has 7 nitrogen and oxygen atoms in total. The van der Waals surface area contributed by atoms with Crippen molar-refractivity contribution < 1.29 is 23.5 Å². The maximum Gasteiger partial charge on any atom is 0.271 e. The molecule has 9 heteroatoms. The number of aliphatic hydroxyl groups is 1. The van der Waals surface area contributed by atoms with Gasteiger partial charge in [-0.15, -0.1) is 0 Å². The van der Waals surface area contributed by atoms with E-state index in [9.17, 15) is 23.5 Å². The van der Waals surface area contributed by atoms with Crippen molar-refractivity contribution in [1.82, 2.24) is 15.3 Å². The Hall–Kier alpha value is -3.46. The lowest BCUT2D eigenvalue weighted by Gasteiger charge is -2.35. The Kier molecular flexibility index (Phi) is 7.88. The number of fused-ring (bicyclic) bond motifs is 1. The fraction of sp³-hybridized carbons (Fsp3) is 0.407. The van der Waals surface area contributed by atoms with Gasteiger partial charge < -0.3 is 16.2 Å². The summed E-state index contributed by atoms with van der Waals surface area (Å²) in [4.78, 5) is 34.0. The van der Waals surface area contributed by atoms with E-state index in [1.54, 1.807) is 18.2 Å². The standard InChI is InChI=1S/C27H30F2N4O3/c28-27(29)12-6-9-18(15-27)19(25(30)35)14-24(34)22(13-17-7-2-1-3-8-17)33-26(36)23-16-31-20-10-4-5-11-21(20)32-23/h1-5,7-8,10-11,16,18-19,22,24,34H,6,9,12-15H2,(H2,30,35)(H,33,36)/t18?,19-,22-,24-/m0/s1. The van der Waals surface area contributed by atoms with Crippen LogP contribution in [0, 0.1) is 11.8 Å². The summed E-state index contributed by atoms with van der Waals surface area (Å²) < 4.78 is 28.1. The topological polar surface area (TPSA) is 118 Å². The van der Waals surface area contributed by atoms with Crippen molar-refractivity contribution >= 4 is 22.8 Å². The van der Waals surface area contributed by atoms with Crippen LogP contribution in [-0.2, 0) is 11.2 Å². The van der Waals surface area contributed by atoms with Crippen LogP contribution >= 0.6 is 0 Å². The number of nitrogens with two attached hydrogens (primary N) is 1. The molecule has 36 heavy (non-hydrogen) atoms. The highest BCUT2D eigenvalue weighted by Crippen LogP contribution is 2.41. The summed E-state index contributed by atoms with van der Waals surface area (Å²) in [6.07, 6.45) is 0.390. The predicted octanol–water partition coefficient (Wildman–Crippen LogP) is 3.65. The summed E-state index contributed by atoms with van der Waals surface area (Å²) in [7, 11) is 0. The predicted molar refractivity (Wildman–Crippen MR) is 131 cm³/mol. The van der Waals surface area contributed by atoms with Gasteiger partial charge in [0, 0.05) is 18.8 Å². The molecule has 1 heterocycles. The smallest absolute Gasteiger partial charge is 0.271 e. The van der Waals surface area contributed by atoms with Crippen molar-refractivity contribution in [3.8, 4) is 0 Å². The van der Waals surface area contributed by atoms with E-state index in [4.69, 9.17) is 5.73 Å². The van der Waals surface area contributed by atoms with Crippen LogP contribution in [0.3, 0.4) is 0 Å². The second-order valence-electron chi connectivity index (χ2n) is 9.54. The van der Waals surface area contributed by atoms with Crippen molar-refractivity contribution in [2.45, 2.75) is 56.6 Å². The lowest BCUT2D eigenvalue weighted by Crippen LogP contribution is -2.48. The van der Waals surface area contributed by atoms with E-state index in [1.165, 1.54) is 6.20 Å². The molecule has 0 spiro atoms. The molecule has 0 aliphatic heterocycles. The Labute approximate surface area is 208 Å². The number of aromatic nitrogens is 2. The number of para-hydroxylation sites is 2. The number of hydrogen-bond acceptors (Lipinski definition) is 5. The monoisotopic (exact) mass is 496 g/mol. The molecule has 1 aliphatic carbocycles. The van der Waals surface area contributed by atoms with Gasteiger partial charge in [0.05, 0.1) is 29.4 Å². The molecule has 1 saturated carbocycles. The molecular weight excluding hydrogens is 466 g/mol. The fourth-order valence-corrected chi connectivity index (χ4v) is 4.98. The largest absolute Gasteiger partial charge is 0.391 e. The van der Waals surface area contributed by atoms with E-state index >= 15 is 0 Å². The third-order valence-electron chi connectivity index (χ3n) is 6.87. The first-order valence-electron chi connectivity index (χ1n) is 12.1. The molecule has 1 fully saturated rings. The number of hydrogen-bond donors (Lipinski definition) is 3. The van der Waals surface area contributed by atoms with Crippen LogP contribution in [0.5, 0.6) is 0 Å². The Morgan fingerprint density at radius 2 is 1.81 bits per heavy atom. The van der Waals surface area contributed by atoms with Crippen LogP contribution in [0.4, 0.5) is 8.78 Å². The normalized spacial score (nSPS) is 19.8. The fourth-order valence-electron chi connectivity index (χ4n) is 4.98. The first-order valence-corrected chi connectivity index (χ1v) is 12.1. The van der Waals surface area contributed by atoms with Crippen molar-refractivity contribution in [3.63, 3.8) is 0 Å². The van der Waals surface area contributed by atoms with Crippen LogP contribution in [0.2, 0.25) is 0 Å². The number of benzene rings is 2. The zero-order valence-corrected chi connectivity index (χ0v) is 19.8. The van der Waals surface area contributed by atoms with Crippen LogP contribution < -0.4 is 11.1 Å². The number of aliphatic hydroxyl groups excluding tert-OH is 1. The van der Waals surface area contributed by atoms with Crippen LogP contribution in [0.25, 0.3) is 11.0 Å². The molecule has 1 aliphatic rings. The van der Waals surface area contributed by atoms with Gasteiger partial charge >= 0.3 is 0 Å². The number of amides is 2. The van der Waals surface area contributed by atoms with Crippen LogP contribution in [0.1, 0.15) is 48.2 Å². The molecule has 4 rings (SSSR count). The first-order chi connectivity index (χ1) is 17.2. The second-order valence-corrected chi connectivity index (χ2v) is 9.54. The summed E-state index contributed by atoms with van der Waals surface area (Å²) in [5.41, 5.74) is 7.73. The summed E-state index contributed by atoms with van der Waals surface area (Å²) >= 11 is 0. The maximum atomic E-state index is 14.0. The summed E-state index contributed by atoms with van der Waals surface area (Å²) in [5, 5.41) is 14.0. The van der Waals surface area contributed by atoms with Crippen LogP contribution in [0.15, 0.2) is 60.8 Å². The Balaban J connectivity index is 1.54. The number of nitrogens with zero attached hydrogens (tertiary/aromatic N) is 2. The number of rotatable bonds is 9. The third-order valence-corrected chi connectivity index (χ3v) is 6.87. The van der Waals surface area contributed by atoms with Gasteiger partial charge in [-0.25, -0.2) is 13.8 Å². The molecule has 1 aromatic heterocycles. The van der Waals surface area contributed by atoms with Crippen molar-refractivity contribution in [3.05, 3.63) is 72.1 Å². The number of primary amides is 1. The van der Waals surface area contributed by atoms with E-state index in [-0.39, 0.29) is 25.0 Å². The molecule has 3 aromatic rings. The van der Waals surface area contributed by atoms with Crippen molar-refractivity contribution in [2.24, 2.45) is 17.6 Å². The van der Waals surface area contributed by atoms with E-state index in [0.717, 1.165) is 5.56 Å². The Morgan fingerprint density at radius 3 is 2.50 bits per heavy atom. The quantitative estimate of drug-likeness (QED) is 0.418. The maximum absolute atomic E-state index is 14.0.